The normalized spacial score (nSPS) is 11.2. The second-order valence-corrected chi connectivity index (χ2v) is 4.44. The molecule has 3 aromatic heterocycles. The van der Waals surface area contributed by atoms with E-state index in [4.69, 9.17) is 0 Å². The number of aromatic nitrogens is 5. The molecule has 0 amide bonds. The van der Waals surface area contributed by atoms with E-state index in [-0.39, 0.29) is 5.56 Å². The Morgan fingerprint density at radius 1 is 1.05 bits per heavy atom. The maximum atomic E-state index is 12.2. The predicted molar refractivity (Wildman–Crippen MR) is 75.2 cm³/mol. The molecule has 0 spiro atoms. The summed E-state index contributed by atoms with van der Waals surface area (Å²) in [5, 5.41) is 10.2. The van der Waals surface area contributed by atoms with Crippen LogP contribution in [0, 0.1) is 0 Å². The molecule has 0 fully saturated rings. The minimum absolute atomic E-state index is 0.137. The number of nitrogens with zero attached hydrogens (tertiary/aromatic N) is 3. The fourth-order valence-electron chi connectivity index (χ4n) is 2.43. The number of benzene rings is 1. The molecule has 0 aliphatic rings. The van der Waals surface area contributed by atoms with Crippen molar-refractivity contribution >= 4 is 21.7 Å². The maximum absolute atomic E-state index is 12.2. The largest absolute Gasteiger partial charge is 0.327 e. The SMILES string of the molecule is O=c1[nH]c2c(-c3nnc[nH]3)cccc2c2cnccc12. The molecule has 2 N–H and O–H groups in total. The predicted octanol–water partition coefficient (Wildman–Crippen LogP) is 1.86. The van der Waals surface area contributed by atoms with Crippen LogP contribution >= 0.6 is 0 Å². The van der Waals surface area contributed by atoms with Gasteiger partial charge in [-0.05, 0) is 12.1 Å². The highest BCUT2D eigenvalue weighted by atomic mass is 16.1. The summed E-state index contributed by atoms with van der Waals surface area (Å²) >= 11 is 0. The molecule has 0 bridgehead atoms. The van der Waals surface area contributed by atoms with Gasteiger partial charge in [-0.3, -0.25) is 9.78 Å². The Bertz CT molecular complexity index is 972. The molecular weight excluding hydrogens is 254 g/mol. The summed E-state index contributed by atoms with van der Waals surface area (Å²) in [6.07, 6.45) is 4.83. The summed E-state index contributed by atoms with van der Waals surface area (Å²) in [6.45, 7) is 0. The van der Waals surface area contributed by atoms with E-state index in [1.807, 2.05) is 18.2 Å². The third-order valence-corrected chi connectivity index (χ3v) is 3.33. The number of hydrogen-bond donors (Lipinski definition) is 2. The smallest absolute Gasteiger partial charge is 0.256 e. The Balaban J connectivity index is 2.22. The van der Waals surface area contributed by atoms with Crippen LogP contribution in [-0.2, 0) is 0 Å². The van der Waals surface area contributed by atoms with Crippen LogP contribution in [-0.4, -0.2) is 25.1 Å². The summed E-state index contributed by atoms with van der Waals surface area (Å²) in [7, 11) is 0. The van der Waals surface area contributed by atoms with E-state index < -0.39 is 0 Å². The van der Waals surface area contributed by atoms with Crippen molar-refractivity contribution in [2.24, 2.45) is 0 Å². The number of nitrogens with one attached hydrogen (secondary N) is 2. The van der Waals surface area contributed by atoms with Gasteiger partial charge >= 0.3 is 0 Å². The molecule has 0 aliphatic heterocycles. The molecule has 0 saturated carbocycles. The molecule has 0 aliphatic carbocycles. The average Bonchev–Trinajstić information content (AvgIpc) is 3.01. The number of aromatic amines is 2. The van der Waals surface area contributed by atoms with Crippen LogP contribution in [0.5, 0.6) is 0 Å². The van der Waals surface area contributed by atoms with E-state index in [2.05, 4.69) is 25.1 Å². The van der Waals surface area contributed by atoms with E-state index >= 15 is 0 Å². The molecule has 4 rings (SSSR count). The molecule has 0 saturated heterocycles. The molecule has 0 atom stereocenters. The molecule has 6 heteroatoms. The van der Waals surface area contributed by atoms with Crippen molar-refractivity contribution in [2.75, 3.05) is 0 Å². The van der Waals surface area contributed by atoms with Crippen LogP contribution in [0.25, 0.3) is 33.1 Å². The fraction of sp³-hybridized carbons (Fsp3) is 0. The van der Waals surface area contributed by atoms with Gasteiger partial charge in [0.05, 0.1) is 10.9 Å². The van der Waals surface area contributed by atoms with Crippen LogP contribution in [0.2, 0.25) is 0 Å². The minimum atomic E-state index is -0.137. The number of hydrogen-bond acceptors (Lipinski definition) is 4. The summed E-state index contributed by atoms with van der Waals surface area (Å²) < 4.78 is 0. The lowest BCUT2D eigenvalue weighted by atomic mass is 10.0. The van der Waals surface area contributed by atoms with Crippen LogP contribution in [0.3, 0.4) is 0 Å². The molecule has 3 heterocycles. The Morgan fingerprint density at radius 2 is 2.00 bits per heavy atom. The standard InChI is InChI=1S/C14H9N5O/c20-14-9-4-5-15-6-11(9)8-2-1-3-10(12(8)18-14)13-16-7-17-19-13/h1-7H,(H,18,20)(H,16,17,19). The van der Waals surface area contributed by atoms with Crippen molar-refractivity contribution in [3.8, 4) is 11.4 Å². The van der Waals surface area contributed by atoms with Gasteiger partial charge in [0.2, 0.25) is 0 Å². The number of rotatable bonds is 1. The van der Waals surface area contributed by atoms with Gasteiger partial charge < -0.3 is 9.97 Å². The number of H-pyrrole nitrogens is 2. The fourth-order valence-corrected chi connectivity index (χ4v) is 2.43. The van der Waals surface area contributed by atoms with Gasteiger partial charge in [-0.25, -0.2) is 0 Å². The van der Waals surface area contributed by atoms with Crippen LogP contribution in [0.1, 0.15) is 0 Å². The molecule has 6 nitrogen and oxygen atoms in total. The van der Waals surface area contributed by atoms with Gasteiger partial charge in [-0.15, -0.1) is 10.2 Å². The van der Waals surface area contributed by atoms with E-state index in [0.717, 1.165) is 21.9 Å². The molecule has 0 radical (unpaired) electrons. The third-order valence-electron chi connectivity index (χ3n) is 3.33. The van der Waals surface area contributed by atoms with Crippen LogP contribution in [0.15, 0.2) is 47.8 Å². The monoisotopic (exact) mass is 263 g/mol. The molecule has 20 heavy (non-hydrogen) atoms. The van der Waals surface area contributed by atoms with Gasteiger partial charge in [0, 0.05) is 28.7 Å². The summed E-state index contributed by atoms with van der Waals surface area (Å²) in [4.78, 5) is 22.2. The van der Waals surface area contributed by atoms with Crippen molar-refractivity contribution in [3.05, 3.63) is 53.3 Å². The Kier molecular flexibility index (Phi) is 2.17. The second kappa shape index (κ2) is 3.99. The van der Waals surface area contributed by atoms with Crippen LogP contribution < -0.4 is 5.56 Å². The lowest BCUT2D eigenvalue weighted by molar-refractivity contribution is 1.10. The van der Waals surface area contributed by atoms with Crippen molar-refractivity contribution < 1.29 is 0 Å². The van der Waals surface area contributed by atoms with Gasteiger partial charge in [0.15, 0.2) is 5.82 Å². The summed E-state index contributed by atoms with van der Waals surface area (Å²) in [5.41, 5.74) is 1.40. The highest BCUT2D eigenvalue weighted by Gasteiger charge is 2.11. The Morgan fingerprint density at radius 3 is 2.85 bits per heavy atom. The van der Waals surface area contributed by atoms with Gasteiger partial charge in [0.1, 0.15) is 6.33 Å². The van der Waals surface area contributed by atoms with Crippen molar-refractivity contribution in [1.29, 1.82) is 0 Å². The van der Waals surface area contributed by atoms with E-state index in [1.165, 1.54) is 6.33 Å². The molecule has 4 aromatic rings. The Labute approximate surface area is 112 Å². The number of para-hydroxylation sites is 1. The van der Waals surface area contributed by atoms with Gasteiger partial charge in [0.25, 0.3) is 5.56 Å². The zero-order chi connectivity index (χ0) is 13.5. The Hall–Kier alpha value is -3.02. The highest BCUT2D eigenvalue weighted by molar-refractivity contribution is 6.08. The topological polar surface area (TPSA) is 87.3 Å². The van der Waals surface area contributed by atoms with E-state index in [0.29, 0.717) is 11.2 Å². The maximum Gasteiger partial charge on any atom is 0.256 e. The van der Waals surface area contributed by atoms with Crippen molar-refractivity contribution in [1.82, 2.24) is 25.1 Å². The zero-order valence-corrected chi connectivity index (χ0v) is 10.3. The number of fused-ring (bicyclic) bond motifs is 3. The summed E-state index contributed by atoms with van der Waals surface area (Å²) in [6, 6.07) is 7.48. The highest BCUT2D eigenvalue weighted by Crippen LogP contribution is 2.27. The zero-order valence-electron chi connectivity index (χ0n) is 10.3. The summed E-state index contributed by atoms with van der Waals surface area (Å²) in [5.74, 6) is 0.620. The minimum Gasteiger partial charge on any atom is -0.327 e. The van der Waals surface area contributed by atoms with Gasteiger partial charge in [-0.2, -0.15) is 0 Å². The number of pyridine rings is 2. The second-order valence-electron chi connectivity index (χ2n) is 4.44. The molecule has 96 valence electrons. The third kappa shape index (κ3) is 1.45. The molecular formula is C14H9N5O. The first-order chi connectivity index (χ1) is 9.84. The van der Waals surface area contributed by atoms with E-state index in [9.17, 15) is 4.79 Å². The first-order valence-electron chi connectivity index (χ1n) is 6.10. The molecule has 1 aromatic carbocycles. The quantitative estimate of drug-likeness (QED) is 0.513. The first-order valence-corrected chi connectivity index (χ1v) is 6.10. The lowest BCUT2D eigenvalue weighted by Gasteiger charge is -2.06. The van der Waals surface area contributed by atoms with Gasteiger partial charge in [-0.1, -0.05) is 12.1 Å². The van der Waals surface area contributed by atoms with Crippen molar-refractivity contribution in [3.63, 3.8) is 0 Å². The molecule has 0 unspecified atom stereocenters. The van der Waals surface area contributed by atoms with Crippen LogP contribution in [0.4, 0.5) is 0 Å². The van der Waals surface area contributed by atoms with Crippen molar-refractivity contribution in [2.45, 2.75) is 0 Å². The lowest BCUT2D eigenvalue weighted by Crippen LogP contribution is -2.07. The first kappa shape index (κ1) is 10.9. The van der Waals surface area contributed by atoms with E-state index in [1.54, 1.807) is 18.5 Å². The average molecular weight is 263 g/mol.